The van der Waals surface area contributed by atoms with Crippen LogP contribution in [0.4, 0.5) is 0 Å². The van der Waals surface area contributed by atoms with E-state index in [4.69, 9.17) is 5.26 Å². The molecule has 1 heterocycles. The summed E-state index contributed by atoms with van der Waals surface area (Å²) in [5.74, 6) is 0. The molecule has 4 nitrogen and oxygen atoms in total. The van der Waals surface area contributed by atoms with Crippen LogP contribution in [0.5, 0.6) is 0 Å². The van der Waals surface area contributed by atoms with Gasteiger partial charge in [-0.25, -0.2) is 0 Å². The molecule has 0 aliphatic carbocycles. The first-order valence-electron chi connectivity index (χ1n) is 3.61. The summed E-state index contributed by atoms with van der Waals surface area (Å²) in [5, 5.41) is 17.2. The number of aromatic nitrogens is 3. The standard InChI is InChI=1S/C7H10N4S/c1-6(3-4-8)12-7-10-9-5-11(7)2/h5-6H,3H2,1-2H3. The van der Waals surface area contributed by atoms with Crippen molar-refractivity contribution >= 4 is 11.8 Å². The lowest BCUT2D eigenvalue weighted by molar-refractivity contribution is 0.783. The molecule has 0 aliphatic heterocycles. The maximum Gasteiger partial charge on any atom is 0.191 e. The van der Waals surface area contributed by atoms with Gasteiger partial charge in [-0.2, -0.15) is 5.26 Å². The minimum absolute atomic E-state index is 0.276. The zero-order chi connectivity index (χ0) is 8.97. The largest absolute Gasteiger partial charge is 0.312 e. The van der Waals surface area contributed by atoms with Crippen molar-refractivity contribution in [2.24, 2.45) is 7.05 Å². The fraction of sp³-hybridized carbons (Fsp3) is 0.571. The van der Waals surface area contributed by atoms with Gasteiger partial charge in [-0.3, -0.25) is 0 Å². The van der Waals surface area contributed by atoms with Gasteiger partial charge in [0.1, 0.15) is 6.33 Å². The average Bonchev–Trinajstić information content (AvgIpc) is 2.37. The lowest BCUT2D eigenvalue weighted by atomic mass is 10.4. The molecule has 0 aliphatic rings. The highest BCUT2D eigenvalue weighted by Crippen LogP contribution is 2.21. The lowest BCUT2D eigenvalue weighted by Gasteiger charge is -2.04. The van der Waals surface area contributed by atoms with Crippen LogP contribution in [0, 0.1) is 11.3 Å². The molecule has 64 valence electrons. The maximum atomic E-state index is 8.43. The molecule has 1 rings (SSSR count). The van der Waals surface area contributed by atoms with Crippen LogP contribution in [0.1, 0.15) is 13.3 Å². The predicted octanol–water partition coefficient (Wildman–Crippen LogP) is 1.21. The SMILES string of the molecule is CC(CC#N)Sc1nncn1C. The third-order valence-electron chi connectivity index (χ3n) is 1.36. The highest BCUT2D eigenvalue weighted by molar-refractivity contribution is 7.99. The number of hydrogen-bond acceptors (Lipinski definition) is 4. The summed E-state index contributed by atoms with van der Waals surface area (Å²) < 4.78 is 1.85. The first-order chi connectivity index (χ1) is 5.74. The third-order valence-corrected chi connectivity index (χ3v) is 2.50. The Morgan fingerprint density at radius 2 is 2.58 bits per heavy atom. The van der Waals surface area contributed by atoms with Crippen molar-refractivity contribution < 1.29 is 0 Å². The Morgan fingerprint density at radius 3 is 3.08 bits per heavy atom. The molecular formula is C7H10N4S. The summed E-state index contributed by atoms with van der Waals surface area (Å²) in [5.41, 5.74) is 0. The zero-order valence-electron chi connectivity index (χ0n) is 7.06. The molecule has 0 amide bonds. The summed E-state index contributed by atoms with van der Waals surface area (Å²) in [6.07, 6.45) is 2.19. The second-order valence-electron chi connectivity index (χ2n) is 2.52. The summed E-state index contributed by atoms with van der Waals surface area (Å²) >= 11 is 1.57. The van der Waals surface area contributed by atoms with E-state index >= 15 is 0 Å². The Kier molecular flexibility index (Phi) is 3.11. The van der Waals surface area contributed by atoms with Gasteiger partial charge in [0.15, 0.2) is 5.16 Å². The molecule has 0 aromatic carbocycles. The first-order valence-corrected chi connectivity index (χ1v) is 4.49. The molecule has 1 aromatic heterocycles. The molecule has 1 unspecified atom stereocenters. The minimum atomic E-state index is 0.276. The molecule has 1 atom stereocenters. The van der Waals surface area contributed by atoms with Crippen LogP contribution in [-0.2, 0) is 7.05 Å². The third kappa shape index (κ3) is 2.24. The highest BCUT2D eigenvalue weighted by atomic mass is 32.2. The Labute approximate surface area is 75.6 Å². The predicted molar refractivity (Wildman–Crippen MR) is 46.6 cm³/mol. The monoisotopic (exact) mass is 182 g/mol. The van der Waals surface area contributed by atoms with Gasteiger partial charge in [-0.15, -0.1) is 10.2 Å². The molecule has 12 heavy (non-hydrogen) atoms. The Bertz CT molecular complexity index is 288. The summed E-state index contributed by atoms with van der Waals surface area (Å²) in [6, 6.07) is 2.12. The second kappa shape index (κ2) is 4.12. The van der Waals surface area contributed by atoms with Gasteiger partial charge in [0.05, 0.1) is 6.07 Å². The number of nitrogens with zero attached hydrogens (tertiary/aromatic N) is 4. The number of aryl methyl sites for hydroxylation is 1. The molecule has 0 saturated heterocycles. The van der Waals surface area contributed by atoms with Crippen molar-refractivity contribution in [3.05, 3.63) is 6.33 Å². The zero-order valence-corrected chi connectivity index (χ0v) is 7.88. The van der Waals surface area contributed by atoms with Gasteiger partial charge in [0.2, 0.25) is 0 Å². The molecule has 0 fully saturated rings. The van der Waals surface area contributed by atoms with Crippen molar-refractivity contribution in [2.45, 2.75) is 23.8 Å². The van der Waals surface area contributed by atoms with Gasteiger partial charge in [-0.1, -0.05) is 18.7 Å². The van der Waals surface area contributed by atoms with E-state index in [0.717, 1.165) is 5.16 Å². The van der Waals surface area contributed by atoms with E-state index in [1.165, 1.54) is 0 Å². The highest BCUT2D eigenvalue weighted by Gasteiger charge is 2.07. The summed E-state index contributed by atoms with van der Waals surface area (Å²) in [6.45, 7) is 2.00. The average molecular weight is 182 g/mol. The van der Waals surface area contributed by atoms with Crippen LogP contribution in [0.25, 0.3) is 0 Å². The Balaban J connectivity index is 2.53. The van der Waals surface area contributed by atoms with E-state index in [1.54, 1.807) is 18.1 Å². The number of rotatable bonds is 3. The van der Waals surface area contributed by atoms with Crippen molar-refractivity contribution in [2.75, 3.05) is 0 Å². The van der Waals surface area contributed by atoms with E-state index in [0.29, 0.717) is 6.42 Å². The number of hydrogen-bond donors (Lipinski definition) is 0. The van der Waals surface area contributed by atoms with Crippen LogP contribution < -0.4 is 0 Å². The molecule has 0 radical (unpaired) electrons. The van der Waals surface area contributed by atoms with Gasteiger partial charge >= 0.3 is 0 Å². The molecule has 0 saturated carbocycles. The van der Waals surface area contributed by atoms with Crippen molar-refractivity contribution in [3.63, 3.8) is 0 Å². The molecule has 0 bridgehead atoms. The van der Waals surface area contributed by atoms with Crippen LogP contribution in [0.3, 0.4) is 0 Å². The molecular weight excluding hydrogens is 172 g/mol. The minimum Gasteiger partial charge on any atom is -0.312 e. The second-order valence-corrected chi connectivity index (χ2v) is 3.92. The van der Waals surface area contributed by atoms with E-state index in [-0.39, 0.29) is 5.25 Å². The molecule has 0 N–H and O–H groups in total. The van der Waals surface area contributed by atoms with Crippen LogP contribution >= 0.6 is 11.8 Å². The van der Waals surface area contributed by atoms with E-state index in [2.05, 4.69) is 16.3 Å². The fourth-order valence-electron chi connectivity index (χ4n) is 0.729. The van der Waals surface area contributed by atoms with Crippen molar-refractivity contribution in [1.82, 2.24) is 14.8 Å². The Hall–Kier alpha value is -1.02. The van der Waals surface area contributed by atoms with Gasteiger partial charge < -0.3 is 4.57 Å². The molecule has 0 spiro atoms. The van der Waals surface area contributed by atoms with Crippen molar-refractivity contribution in [3.8, 4) is 6.07 Å². The fourth-order valence-corrected chi connectivity index (χ4v) is 1.55. The lowest BCUT2D eigenvalue weighted by Crippen LogP contribution is -1.97. The Morgan fingerprint density at radius 1 is 1.83 bits per heavy atom. The normalized spacial score (nSPS) is 12.4. The van der Waals surface area contributed by atoms with Crippen LogP contribution in [-0.4, -0.2) is 20.0 Å². The van der Waals surface area contributed by atoms with Gasteiger partial charge in [0.25, 0.3) is 0 Å². The number of thioether (sulfide) groups is 1. The maximum absolute atomic E-state index is 8.43. The smallest absolute Gasteiger partial charge is 0.191 e. The molecule has 1 aromatic rings. The topological polar surface area (TPSA) is 54.5 Å². The van der Waals surface area contributed by atoms with Crippen LogP contribution in [0.15, 0.2) is 11.5 Å². The summed E-state index contributed by atoms with van der Waals surface area (Å²) in [7, 11) is 1.89. The molecule has 5 heteroatoms. The quantitative estimate of drug-likeness (QED) is 0.659. The van der Waals surface area contributed by atoms with Crippen molar-refractivity contribution in [1.29, 1.82) is 5.26 Å². The van der Waals surface area contributed by atoms with E-state index < -0.39 is 0 Å². The first kappa shape index (κ1) is 9.07. The number of nitriles is 1. The van der Waals surface area contributed by atoms with Gasteiger partial charge in [-0.05, 0) is 0 Å². The summed E-state index contributed by atoms with van der Waals surface area (Å²) in [4.78, 5) is 0. The van der Waals surface area contributed by atoms with Crippen LogP contribution in [0.2, 0.25) is 0 Å². The van der Waals surface area contributed by atoms with E-state index in [1.807, 2.05) is 18.5 Å². The van der Waals surface area contributed by atoms with Gasteiger partial charge in [0, 0.05) is 18.7 Å². The van der Waals surface area contributed by atoms with E-state index in [9.17, 15) is 0 Å².